The van der Waals surface area contributed by atoms with Crippen molar-refractivity contribution in [1.29, 1.82) is 0 Å². The fraction of sp³-hybridized carbons (Fsp3) is 0.412. The van der Waals surface area contributed by atoms with Crippen LogP contribution in [0.25, 0.3) is 11.3 Å². The molecular weight excluding hydrogens is 347 g/mol. The van der Waals surface area contributed by atoms with Gasteiger partial charge in [0, 0.05) is 18.3 Å². The predicted octanol–water partition coefficient (Wildman–Crippen LogP) is 3.12. The minimum Gasteiger partial charge on any atom is -0.384 e. The Labute approximate surface area is 150 Å². The van der Waals surface area contributed by atoms with E-state index in [1.165, 1.54) is 12.3 Å². The summed E-state index contributed by atoms with van der Waals surface area (Å²) in [5.74, 6) is -0.0242. The molecule has 1 saturated heterocycles. The summed E-state index contributed by atoms with van der Waals surface area (Å²) in [6, 6.07) is 4.48. The van der Waals surface area contributed by atoms with E-state index < -0.39 is 5.82 Å². The molecule has 0 amide bonds. The lowest BCUT2D eigenvalue weighted by molar-refractivity contribution is -0.177. The number of nitrogens with zero attached hydrogens (tertiary/aromatic N) is 2. The van der Waals surface area contributed by atoms with E-state index >= 15 is 0 Å². The molecule has 0 bridgehead atoms. The van der Waals surface area contributed by atoms with E-state index in [0.717, 1.165) is 0 Å². The first kappa shape index (κ1) is 17.8. The summed E-state index contributed by atoms with van der Waals surface area (Å²) in [6.45, 7) is 5.27. The summed E-state index contributed by atoms with van der Waals surface area (Å²) in [6.07, 6.45) is 1.26. The number of aromatic nitrogens is 2. The number of nitrogens with two attached hydrogens (primary N) is 1. The van der Waals surface area contributed by atoms with Crippen LogP contribution in [-0.2, 0) is 9.47 Å². The minimum absolute atomic E-state index is 0.121. The van der Waals surface area contributed by atoms with Crippen molar-refractivity contribution in [3.63, 3.8) is 0 Å². The van der Waals surface area contributed by atoms with Crippen molar-refractivity contribution in [3.05, 3.63) is 35.2 Å². The number of hydrogen-bond donors (Lipinski definition) is 2. The van der Waals surface area contributed by atoms with Crippen LogP contribution in [-0.4, -0.2) is 41.4 Å². The van der Waals surface area contributed by atoms with Crippen molar-refractivity contribution in [2.45, 2.75) is 25.6 Å². The number of rotatable bonds is 4. The maximum Gasteiger partial charge on any atom is 0.165 e. The number of pyridine rings is 2. The summed E-state index contributed by atoms with van der Waals surface area (Å²) in [5, 5.41) is 3.38. The molecule has 3 rings (SSSR count). The minimum atomic E-state index is -0.460. The highest BCUT2D eigenvalue weighted by atomic mass is 35.5. The Kier molecular flexibility index (Phi) is 5.08. The molecule has 0 saturated carbocycles. The lowest BCUT2D eigenvalue weighted by atomic mass is 10.1. The first-order valence-corrected chi connectivity index (χ1v) is 8.29. The highest BCUT2D eigenvalue weighted by Gasteiger charge is 2.29. The van der Waals surface area contributed by atoms with Gasteiger partial charge >= 0.3 is 0 Å². The SMILES string of the molecule is CC1(C)COC[C@H](CNc2nc(-c3cc(N)ncc3Cl)ccc2F)O1. The number of anilines is 2. The largest absolute Gasteiger partial charge is 0.384 e. The predicted molar refractivity (Wildman–Crippen MR) is 95.1 cm³/mol. The van der Waals surface area contributed by atoms with Gasteiger partial charge in [-0.05, 0) is 32.0 Å². The third kappa shape index (κ3) is 4.36. The maximum absolute atomic E-state index is 14.1. The Morgan fingerprint density at radius 1 is 1.44 bits per heavy atom. The molecule has 0 aliphatic carbocycles. The van der Waals surface area contributed by atoms with Gasteiger partial charge in [0.25, 0.3) is 0 Å². The maximum atomic E-state index is 14.1. The third-order valence-corrected chi connectivity index (χ3v) is 4.04. The number of hydrogen-bond acceptors (Lipinski definition) is 6. The number of nitrogens with one attached hydrogen (secondary N) is 1. The summed E-state index contributed by atoms with van der Waals surface area (Å²) in [4.78, 5) is 8.23. The van der Waals surface area contributed by atoms with Crippen LogP contribution in [0.3, 0.4) is 0 Å². The van der Waals surface area contributed by atoms with Crippen LogP contribution >= 0.6 is 11.6 Å². The molecule has 2 aromatic rings. The van der Waals surface area contributed by atoms with Gasteiger partial charge in [-0.2, -0.15) is 0 Å². The number of ether oxygens (including phenoxy) is 2. The Morgan fingerprint density at radius 2 is 2.24 bits per heavy atom. The smallest absolute Gasteiger partial charge is 0.165 e. The van der Waals surface area contributed by atoms with E-state index in [9.17, 15) is 4.39 Å². The molecule has 1 aliphatic rings. The first-order valence-electron chi connectivity index (χ1n) is 7.91. The molecule has 6 nitrogen and oxygen atoms in total. The topological polar surface area (TPSA) is 82.3 Å². The van der Waals surface area contributed by atoms with E-state index in [1.807, 2.05) is 13.8 Å². The average molecular weight is 367 g/mol. The summed E-state index contributed by atoms with van der Waals surface area (Å²) >= 11 is 6.14. The first-order chi connectivity index (χ1) is 11.8. The molecule has 0 unspecified atom stereocenters. The van der Waals surface area contributed by atoms with Gasteiger partial charge in [0.2, 0.25) is 0 Å². The molecule has 1 aliphatic heterocycles. The van der Waals surface area contributed by atoms with Crippen LogP contribution in [0.5, 0.6) is 0 Å². The third-order valence-electron chi connectivity index (χ3n) is 3.73. The molecule has 1 atom stereocenters. The fourth-order valence-corrected chi connectivity index (χ4v) is 2.83. The zero-order valence-corrected chi connectivity index (χ0v) is 14.8. The summed E-state index contributed by atoms with van der Waals surface area (Å²) in [5.41, 5.74) is 6.43. The van der Waals surface area contributed by atoms with E-state index in [0.29, 0.717) is 41.9 Å². The van der Waals surface area contributed by atoms with Crippen molar-refractivity contribution >= 4 is 23.2 Å². The second-order valence-corrected chi connectivity index (χ2v) is 6.92. The molecule has 0 spiro atoms. The zero-order valence-electron chi connectivity index (χ0n) is 14.1. The fourth-order valence-electron chi connectivity index (χ4n) is 2.63. The van der Waals surface area contributed by atoms with Crippen LogP contribution in [0.4, 0.5) is 16.0 Å². The standard InChI is InChI=1S/C17H20ClFN4O2/c1-17(2)9-24-8-10(25-17)6-22-16-13(19)3-4-14(23-16)11-5-15(20)21-7-12(11)18/h3-5,7,10H,6,8-9H2,1-2H3,(H2,20,21)(H,22,23)/t10-/m0/s1. The Morgan fingerprint density at radius 3 is 3.00 bits per heavy atom. The van der Waals surface area contributed by atoms with Crippen LogP contribution in [0.15, 0.2) is 24.4 Å². The van der Waals surface area contributed by atoms with Crippen LogP contribution < -0.4 is 11.1 Å². The molecule has 2 aromatic heterocycles. The van der Waals surface area contributed by atoms with Gasteiger partial charge < -0.3 is 20.5 Å². The average Bonchev–Trinajstić information content (AvgIpc) is 2.55. The van der Waals surface area contributed by atoms with E-state index in [1.54, 1.807) is 12.1 Å². The van der Waals surface area contributed by atoms with Crippen molar-refractivity contribution in [2.75, 3.05) is 30.8 Å². The number of nitrogen functional groups attached to an aromatic ring is 1. The quantitative estimate of drug-likeness (QED) is 0.865. The molecule has 0 radical (unpaired) electrons. The van der Waals surface area contributed by atoms with E-state index in [2.05, 4.69) is 15.3 Å². The van der Waals surface area contributed by atoms with Gasteiger partial charge in [-0.25, -0.2) is 14.4 Å². The van der Waals surface area contributed by atoms with E-state index in [4.69, 9.17) is 26.8 Å². The number of halogens is 2. The summed E-state index contributed by atoms with van der Waals surface area (Å²) < 4.78 is 25.5. The van der Waals surface area contributed by atoms with Gasteiger partial charge in [0.05, 0.1) is 35.6 Å². The molecule has 3 heterocycles. The Bertz CT molecular complexity index is 772. The van der Waals surface area contributed by atoms with Crippen molar-refractivity contribution in [3.8, 4) is 11.3 Å². The van der Waals surface area contributed by atoms with Gasteiger partial charge in [-0.3, -0.25) is 0 Å². The van der Waals surface area contributed by atoms with Gasteiger partial charge in [0.1, 0.15) is 5.82 Å². The molecule has 134 valence electrons. The Hall–Kier alpha value is -1.96. The highest BCUT2D eigenvalue weighted by molar-refractivity contribution is 6.33. The molecule has 1 fully saturated rings. The lowest BCUT2D eigenvalue weighted by Crippen LogP contribution is -2.45. The molecule has 25 heavy (non-hydrogen) atoms. The van der Waals surface area contributed by atoms with E-state index in [-0.39, 0.29) is 17.5 Å². The van der Waals surface area contributed by atoms with Crippen LogP contribution in [0.2, 0.25) is 5.02 Å². The molecule has 8 heteroatoms. The molecular formula is C17H20ClFN4O2. The van der Waals surface area contributed by atoms with Crippen molar-refractivity contribution < 1.29 is 13.9 Å². The van der Waals surface area contributed by atoms with Gasteiger partial charge in [-0.1, -0.05) is 11.6 Å². The van der Waals surface area contributed by atoms with Crippen LogP contribution in [0.1, 0.15) is 13.8 Å². The second kappa shape index (κ2) is 7.11. The highest BCUT2D eigenvalue weighted by Crippen LogP contribution is 2.29. The Balaban J connectivity index is 1.77. The van der Waals surface area contributed by atoms with Gasteiger partial charge in [0.15, 0.2) is 11.6 Å². The molecule has 3 N–H and O–H groups in total. The molecule has 0 aromatic carbocycles. The summed E-state index contributed by atoms with van der Waals surface area (Å²) in [7, 11) is 0. The second-order valence-electron chi connectivity index (χ2n) is 6.51. The van der Waals surface area contributed by atoms with Crippen molar-refractivity contribution in [1.82, 2.24) is 9.97 Å². The van der Waals surface area contributed by atoms with Crippen molar-refractivity contribution in [2.24, 2.45) is 0 Å². The zero-order chi connectivity index (χ0) is 18.0. The monoisotopic (exact) mass is 366 g/mol. The normalized spacial score (nSPS) is 19.6. The van der Waals surface area contributed by atoms with Gasteiger partial charge in [-0.15, -0.1) is 0 Å². The van der Waals surface area contributed by atoms with Crippen LogP contribution in [0, 0.1) is 5.82 Å². The lowest BCUT2D eigenvalue weighted by Gasteiger charge is -2.36.